The van der Waals surface area contributed by atoms with Gasteiger partial charge in [0, 0.05) is 5.56 Å². The van der Waals surface area contributed by atoms with E-state index in [2.05, 4.69) is 12.2 Å². The summed E-state index contributed by atoms with van der Waals surface area (Å²) in [5, 5.41) is 8.51. The van der Waals surface area contributed by atoms with E-state index in [0.717, 1.165) is 6.07 Å². The van der Waals surface area contributed by atoms with Crippen molar-refractivity contribution in [1.29, 1.82) is 0 Å². The van der Waals surface area contributed by atoms with Crippen LogP contribution in [-0.4, -0.2) is 16.1 Å². The molecule has 3 nitrogen and oxygen atoms in total. The quantitative estimate of drug-likeness (QED) is 0.701. The lowest BCUT2D eigenvalue weighted by atomic mass is 10.1. The van der Waals surface area contributed by atoms with Gasteiger partial charge in [0.1, 0.15) is 10.8 Å². The standard InChI is InChI=1S/C8H6FNO2S/c9-6-3-4(8(11)12)1-2-5(6)7(10)13/h1-3H,(H2,10,13)(H,11,12). The number of hydrogen-bond acceptors (Lipinski definition) is 2. The third kappa shape index (κ3) is 2.00. The first-order chi connectivity index (χ1) is 6.02. The van der Waals surface area contributed by atoms with Crippen molar-refractivity contribution in [3.63, 3.8) is 0 Å². The van der Waals surface area contributed by atoms with Gasteiger partial charge in [-0.3, -0.25) is 0 Å². The van der Waals surface area contributed by atoms with Gasteiger partial charge in [0.2, 0.25) is 0 Å². The van der Waals surface area contributed by atoms with Crippen molar-refractivity contribution in [3.8, 4) is 0 Å². The molecule has 0 unspecified atom stereocenters. The van der Waals surface area contributed by atoms with Gasteiger partial charge < -0.3 is 10.8 Å². The summed E-state index contributed by atoms with van der Waals surface area (Å²) in [5.74, 6) is -1.90. The van der Waals surface area contributed by atoms with E-state index in [1.54, 1.807) is 0 Å². The van der Waals surface area contributed by atoms with Crippen molar-refractivity contribution in [1.82, 2.24) is 0 Å². The molecule has 0 atom stereocenters. The van der Waals surface area contributed by atoms with E-state index in [1.807, 2.05) is 0 Å². The summed E-state index contributed by atoms with van der Waals surface area (Å²) in [7, 11) is 0. The second-order valence-electron chi connectivity index (χ2n) is 2.36. The third-order valence-corrected chi connectivity index (χ3v) is 1.70. The summed E-state index contributed by atoms with van der Waals surface area (Å²) in [4.78, 5) is 10.3. The van der Waals surface area contributed by atoms with E-state index >= 15 is 0 Å². The molecule has 0 aliphatic carbocycles. The van der Waals surface area contributed by atoms with Crippen LogP contribution in [0.3, 0.4) is 0 Å². The van der Waals surface area contributed by atoms with Gasteiger partial charge in [0.15, 0.2) is 0 Å². The summed E-state index contributed by atoms with van der Waals surface area (Å²) >= 11 is 4.55. The predicted molar refractivity (Wildman–Crippen MR) is 49.2 cm³/mol. The largest absolute Gasteiger partial charge is 0.478 e. The number of rotatable bonds is 2. The number of aromatic carboxylic acids is 1. The minimum atomic E-state index is -1.19. The fourth-order valence-electron chi connectivity index (χ4n) is 0.848. The van der Waals surface area contributed by atoms with E-state index in [9.17, 15) is 9.18 Å². The molecule has 0 spiro atoms. The van der Waals surface area contributed by atoms with Crippen LogP contribution in [0.15, 0.2) is 18.2 Å². The lowest BCUT2D eigenvalue weighted by Crippen LogP contribution is -2.12. The van der Waals surface area contributed by atoms with Crippen LogP contribution in [0.4, 0.5) is 4.39 Å². The topological polar surface area (TPSA) is 63.3 Å². The Morgan fingerprint density at radius 3 is 2.54 bits per heavy atom. The first-order valence-corrected chi connectivity index (χ1v) is 3.76. The Kier molecular flexibility index (Phi) is 2.57. The number of hydrogen-bond donors (Lipinski definition) is 2. The molecule has 0 radical (unpaired) electrons. The van der Waals surface area contributed by atoms with Crippen LogP contribution in [0.5, 0.6) is 0 Å². The molecule has 3 N–H and O–H groups in total. The Balaban J connectivity index is 3.20. The smallest absolute Gasteiger partial charge is 0.335 e. The summed E-state index contributed by atoms with van der Waals surface area (Å²) in [6.07, 6.45) is 0. The molecule has 1 rings (SSSR count). The van der Waals surface area contributed by atoms with E-state index in [4.69, 9.17) is 10.8 Å². The van der Waals surface area contributed by atoms with Crippen molar-refractivity contribution >= 4 is 23.2 Å². The Hall–Kier alpha value is -1.49. The fraction of sp³-hybridized carbons (Fsp3) is 0. The van der Waals surface area contributed by atoms with Crippen molar-refractivity contribution in [2.75, 3.05) is 0 Å². The number of thiocarbonyl (C=S) groups is 1. The number of carbonyl (C=O) groups is 1. The number of nitrogens with two attached hydrogens (primary N) is 1. The molecule has 0 aliphatic rings. The zero-order valence-corrected chi connectivity index (χ0v) is 7.27. The highest BCUT2D eigenvalue weighted by molar-refractivity contribution is 7.80. The predicted octanol–water partition coefficient (Wildman–Crippen LogP) is 1.16. The first kappa shape index (κ1) is 9.60. The minimum absolute atomic E-state index is 0.0556. The second-order valence-corrected chi connectivity index (χ2v) is 2.80. The highest BCUT2D eigenvalue weighted by atomic mass is 32.1. The monoisotopic (exact) mass is 199 g/mol. The van der Waals surface area contributed by atoms with E-state index < -0.39 is 11.8 Å². The molecule has 13 heavy (non-hydrogen) atoms. The third-order valence-electron chi connectivity index (χ3n) is 1.48. The van der Waals surface area contributed by atoms with E-state index in [0.29, 0.717) is 0 Å². The van der Waals surface area contributed by atoms with E-state index in [-0.39, 0.29) is 16.1 Å². The second kappa shape index (κ2) is 3.49. The minimum Gasteiger partial charge on any atom is -0.478 e. The van der Waals surface area contributed by atoms with Crippen LogP contribution < -0.4 is 5.73 Å². The van der Waals surface area contributed by atoms with Gasteiger partial charge in [-0.25, -0.2) is 9.18 Å². The van der Waals surface area contributed by atoms with Gasteiger partial charge in [-0.05, 0) is 18.2 Å². The molecule has 0 aliphatic heterocycles. The molecular weight excluding hydrogens is 193 g/mol. The Morgan fingerprint density at radius 2 is 2.15 bits per heavy atom. The summed E-state index contributed by atoms with van der Waals surface area (Å²) in [5.41, 5.74) is 5.11. The lowest BCUT2D eigenvalue weighted by molar-refractivity contribution is 0.0696. The highest BCUT2D eigenvalue weighted by Crippen LogP contribution is 2.10. The molecular formula is C8H6FNO2S. The van der Waals surface area contributed by atoms with Crippen LogP contribution in [-0.2, 0) is 0 Å². The van der Waals surface area contributed by atoms with Gasteiger partial charge in [0.05, 0.1) is 5.56 Å². The molecule has 0 saturated heterocycles. The molecule has 68 valence electrons. The van der Waals surface area contributed by atoms with Crippen molar-refractivity contribution in [2.24, 2.45) is 5.73 Å². The Morgan fingerprint density at radius 1 is 1.54 bits per heavy atom. The molecule has 0 heterocycles. The van der Waals surface area contributed by atoms with Crippen molar-refractivity contribution < 1.29 is 14.3 Å². The molecule has 0 fully saturated rings. The molecule has 1 aromatic rings. The van der Waals surface area contributed by atoms with Crippen LogP contribution in [0.2, 0.25) is 0 Å². The van der Waals surface area contributed by atoms with Gasteiger partial charge in [-0.1, -0.05) is 12.2 Å². The number of carboxylic acid groups (broad SMARTS) is 1. The zero-order chi connectivity index (χ0) is 10.0. The zero-order valence-electron chi connectivity index (χ0n) is 6.45. The molecule has 0 amide bonds. The molecule has 0 bridgehead atoms. The highest BCUT2D eigenvalue weighted by Gasteiger charge is 2.09. The number of benzene rings is 1. The van der Waals surface area contributed by atoms with Crippen LogP contribution >= 0.6 is 12.2 Å². The van der Waals surface area contributed by atoms with Crippen molar-refractivity contribution in [2.45, 2.75) is 0 Å². The van der Waals surface area contributed by atoms with Crippen LogP contribution in [0.25, 0.3) is 0 Å². The normalized spacial score (nSPS) is 9.62. The first-order valence-electron chi connectivity index (χ1n) is 3.35. The average molecular weight is 199 g/mol. The fourth-order valence-corrected chi connectivity index (χ4v) is 1.01. The summed E-state index contributed by atoms with van der Waals surface area (Å²) in [6.45, 7) is 0. The van der Waals surface area contributed by atoms with Gasteiger partial charge in [-0.2, -0.15) is 0 Å². The maximum Gasteiger partial charge on any atom is 0.335 e. The molecule has 0 aromatic heterocycles. The summed E-state index contributed by atoms with van der Waals surface area (Å²) < 4.78 is 13.0. The van der Waals surface area contributed by atoms with Gasteiger partial charge in [-0.15, -0.1) is 0 Å². The Bertz CT molecular complexity index is 378. The molecule has 1 aromatic carbocycles. The number of halogens is 1. The van der Waals surface area contributed by atoms with Crippen molar-refractivity contribution in [3.05, 3.63) is 35.1 Å². The average Bonchev–Trinajstić information content (AvgIpc) is 2.03. The maximum atomic E-state index is 13.0. The number of carboxylic acids is 1. The van der Waals surface area contributed by atoms with Gasteiger partial charge >= 0.3 is 5.97 Å². The van der Waals surface area contributed by atoms with E-state index in [1.165, 1.54) is 12.1 Å². The van der Waals surface area contributed by atoms with Crippen LogP contribution in [0.1, 0.15) is 15.9 Å². The molecule has 0 saturated carbocycles. The maximum absolute atomic E-state index is 13.0. The SMILES string of the molecule is NC(=S)c1ccc(C(=O)O)cc1F. The lowest BCUT2D eigenvalue weighted by Gasteiger charge is -2.00. The summed E-state index contributed by atoms with van der Waals surface area (Å²) in [6, 6.07) is 3.39. The Labute approximate surface area is 79.0 Å². The van der Waals surface area contributed by atoms with Gasteiger partial charge in [0.25, 0.3) is 0 Å². The molecule has 5 heteroatoms. The van der Waals surface area contributed by atoms with Crippen LogP contribution in [0, 0.1) is 5.82 Å².